The van der Waals surface area contributed by atoms with E-state index in [9.17, 15) is 9.59 Å². The number of anilines is 1. The summed E-state index contributed by atoms with van der Waals surface area (Å²) in [6.45, 7) is 6.64. The van der Waals surface area contributed by atoms with Crippen molar-refractivity contribution in [2.45, 2.75) is 33.2 Å². The van der Waals surface area contributed by atoms with Crippen LogP contribution in [-0.2, 0) is 14.3 Å². The normalized spacial score (nSPS) is 19.0. The molecule has 1 aliphatic rings. The SMILES string of the molecule is CCOC(=O)[C@H]1C(=O)N(CCC(C)C)c2nc3ccccc3n2[C@H]1c1ccco1. The summed E-state index contributed by atoms with van der Waals surface area (Å²) >= 11 is 0. The number of fused-ring (bicyclic) bond motifs is 3. The van der Waals surface area contributed by atoms with Crippen LogP contribution in [0.4, 0.5) is 5.95 Å². The quantitative estimate of drug-likeness (QED) is 0.469. The third kappa shape index (κ3) is 3.30. The molecule has 0 saturated heterocycles. The van der Waals surface area contributed by atoms with Crippen LogP contribution < -0.4 is 4.90 Å². The maximum Gasteiger partial charge on any atom is 0.321 e. The Morgan fingerprint density at radius 1 is 1.24 bits per heavy atom. The van der Waals surface area contributed by atoms with Crippen molar-refractivity contribution >= 4 is 28.9 Å². The molecule has 2 aromatic heterocycles. The summed E-state index contributed by atoms with van der Waals surface area (Å²) in [6.07, 6.45) is 2.35. The van der Waals surface area contributed by atoms with Gasteiger partial charge in [-0.3, -0.25) is 19.1 Å². The maximum atomic E-state index is 13.5. The van der Waals surface area contributed by atoms with Crippen molar-refractivity contribution in [2.75, 3.05) is 18.1 Å². The van der Waals surface area contributed by atoms with E-state index in [1.165, 1.54) is 0 Å². The zero-order chi connectivity index (χ0) is 20.5. The third-order valence-corrected chi connectivity index (χ3v) is 5.25. The van der Waals surface area contributed by atoms with Gasteiger partial charge in [-0.1, -0.05) is 26.0 Å². The van der Waals surface area contributed by atoms with Gasteiger partial charge in [0.25, 0.3) is 0 Å². The number of esters is 1. The number of nitrogens with zero attached hydrogens (tertiary/aromatic N) is 3. The van der Waals surface area contributed by atoms with Gasteiger partial charge in [-0.2, -0.15) is 0 Å². The molecule has 0 fully saturated rings. The Kier molecular flexibility index (Phi) is 5.13. The van der Waals surface area contributed by atoms with Gasteiger partial charge in [-0.25, -0.2) is 4.98 Å². The Bertz CT molecular complexity index is 1020. The largest absolute Gasteiger partial charge is 0.467 e. The Morgan fingerprint density at radius 2 is 2.03 bits per heavy atom. The molecule has 0 spiro atoms. The number of hydrogen-bond donors (Lipinski definition) is 0. The molecule has 4 rings (SSSR count). The monoisotopic (exact) mass is 395 g/mol. The van der Waals surface area contributed by atoms with Crippen LogP contribution in [0, 0.1) is 11.8 Å². The van der Waals surface area contributed by atoms with Gasteiger partial charge < -0.3 is 9.15 Å². The summed E-state index contributed by atoms with van der Waals surface area (Å²) in [5, 5.41) is 0. The topological polar surface area (TPSA) is 77.6 Å². The van der Waals surface area contributed by atoms with Crippen molar-refractivity contribution in [3.8, 4) is 0 Å². The summed E-state index contributed by atoms with van der Waals surface area (Å²) in [5.41, 5.74) is 1.62. The number of carbonyl (C=O) groups is 2. The van der Waals surface area contributed by atoms with Crippen LogP contribution in [0.15, 0.2) is 47.1 Å². The van der Waals surface area contributed by atoms with Gasteiger partial charge in [0.1, 0.15) is 11.8 Å². The van der Waals surface area contributed by atoms with Crippen LogP contribution in [0.25, 0.3) is 11.0 Å². The second-order valence-electron chi connectivity index (χ2n) is 7.63. The zero-order valence-corrected chi connectivity index (χ0v) is 16.9. The maximum absolute atomic E-state index is 13.5. The van der Waals surface area contributed by atoms with Crippen LogP contribution in [0.5, 0.6) is 0 Å². The smallest absolute Gasteiger partial charge is 0.321 e. The summed E-state index contributed by atoms with van der Waals surface area (Å²) in [7, 11) is 0. The molecule has 0 bridgehead atoms. The molecular formula is C22H25N3O4. The first kappa shape index (κ1) is 19.2. The van der Waals surface area contributed by atoms with E-state index in [-0.39, 0.29) is 12.5 Å². The lowest BCUT2D eigenvalue weighted by Gasteiger charge is -2.37. The van der Waals surface area contributed by atoms with Crippen LogP contribution in [0.1, 0.15) is 39.0 Å². The van der Waals surface area contributed by atoms with Gasteiger partial charge in [0, 0.05) is 6.54 Å². The molecule has 0 N–H and O–H groups in total. The van der Waals surface area contributed by atoms with E-state index < -0.39 is 17.9 Å². The molecule has 3 aromatic rings. The van der Waals surface area contributed by atoms with Crippen molar-refractivity contribution in [1.29, 1.82) is 0 Å². The molecule has 152 valence electrons. The zero-order valence-electron chi connectivity index (χ0n) is 16.9. The Labute approximate surface area is 169 Å². The fourth-order valence-corrected chi connectivity index (χ4v) is 3.86. The summed E-state index contributed by atoms with van der Waals surface area (Å²) in [5.74, 6) is -0.392. The van der Waals surface area contributed by atoms with Crippen molar-refractivity contribution in [1.82, 2.24) is 9.55 Å². The number of amides is 1. The van der Waals surface area contributed by atoms with E-state index in [4.69, 9.17) is 14.1 Å². The van der Waals surface area contributed by atoms with Gasteiger partial charge in [0.05, 0.1) is 23.9 Å². The number of carbonyl (C=O) groups excluding carboxylic acids is 2. The average molecular weight is 395 g/mol. The molecule has 3 heterocycles. The summed E-state index contributed by atoms with van der Waals surface area (Å²) in [6, 6.07) is 10.6. The number of rotatable bonds is 6. The second kappa shape index (κ2) is 7.73. The van der Waals surface area contributed by atoms with E-state index in [0.717, 1.165) is 17.5 Å². The Morgan fingerprint density at radius 3 is 2.72 bits per heavy atom. The number of hydrogen-bond acceptors (Lipinski definition) is 5. The number of benzene rings is 1. The van der Waals surface area contributed by atoms with Crippen LogP contribution in [-0.4, -0.2) is 34.6 Å². The molecule has 0 saturated carbocycles. The van der Waals surface area contributed by atoms with Gasteiger partial charge >= 0.3 is 5.97 Å². The summed E-state index contributed by atoms with van der Waals surface area (Å²) < 4.78 is 12.9. The molecule has 7 heteroatoms. The first-order valence-electron chi connectivity index (χ1n) is 10.0. The van der Waals surface area contributed by atoms with Gasteiger partial charge in [-0.05, 0) is 43.5 Å². The second-order valence-corrected chi connectivity index (χ2v) is 7.63. The van der Waals surface area contributed by atoms with Gasteiger partial charge in [0.15, 0.2) is 5.92 Å². The molecular weight excluding hydrogens is 370 g/mol. The first-order valence-corrected chi connectivity index (χ1v) is 10.0. The minimum Gasteiger partial charge on any atom is -0.467 e. The number of imidazole rings is 1. The predicted octanol–water partition coefficient (Wildman–Crippen LogP) is 3.79. The number of ether oxygens (including phenoxy) is 1. The van der Waals surface area contributed by atoms with Crippen molar-refractivity contribution in [2.24, 2.45) is 11.8 Å². The van der Waals surface area contributed by atoms with Crippen LogP contribution in [0.3, 0.4) is 0 Å². The molecule has 0 radical (unpaired) electrons. The van der Waals surface area contributed by atoms with Crippen molar-refractivity contribution in [3.05, 3.63) is 48.4 Å². The molecule has 29 heavy (non-hydrogen) atoms. The lowest BCUT2D eigenvalue weighted by molar-refractivity contribution is -0.153. The highest BCUT2D eigenvalue weighted by Crippen LogP contribution is 2.41. The fourth-order valence-electron chi connectivity index (χ4n) is 3.86. The fraction of sp³-hybridized carbons (Fsp3) is 0.409. The van der Waals surface area contributed by atoms with E-state index in [1.807, 2.05) is 28.8 Å². The number of furan rings is 1. The molecule has 1 aromatic carbocycles. The lowest BCUT2D eigenvalue weighted by Crippen LogP contribution is -2.50. The Hall–Kier alpha value is -3.09. The standard InChI is InChI=1S/C22H25N3O4/c1-4-28-21(27)18-19(17-10-7-13-29-17)25-16-9-6-5-8-15(16)23-22(25)24(20(18)26)12-11-14(2)3/h5-10,13-14,18-19H,4,11-12H2,1-3H3/t18-,19+/m1/s1. The highest BCUT2D eigenvalue weighted by Gasteiger charge is 2.48. The minimum atomic E-state index is -1.03. The van der Waals surface area contributed by atoms with E-state index in [1.54, 1.807) is 30.2 Å². The van der Waals surface area contributed by atoms with Gasteiger partial charge in [0.2, 0.25) is 11.9 Å². The van der Waals surface area contributed by atoms with Crippen LogP contribution in [0.2, 0.25) is 0 Å². The first-order chi connectivity index (χ1) is 14.0. The van der Waals surface area contributed by atoms with E-state index >= 15 is 0 Å². The van der Waals surface area contributed by atoms with E-state index in [2.05, 4.69) is 13.8 Å². The molecule has 7 nitrogen and oxygen atoms in total. The third-order valence-electron chi connectivity index (χ3n) is 5.25. The molecule has 0 aliphatic carbocycles. The van der Waals surface area contributed by atoms with Crippen LogP contribution >= 0.6 is 0 Å². The lowest BCUT2D eigenvalue weighted by atomic mass is 9.93. The predicted molar refractivity (Wildman–Crippen MR) is 109 cm³/mol. The number of para-hydroxylation sites is 2. The average Bonchev–Trinajstić information content (AvgIpc) is 3.34. The molecule has 1 amide bonds. The highest BCUT2D eigenvalue weighted by molar-refractivity contribution is 6.08. The molecule has 0 unspecified atom stereocenters. The summed E-state index contributed by atoms with van der Waals surface area (Å²) in [4.78, 5) is 32.8. The van der Waals surface area contributed by atoms with Crippen molar-refractivity contribution in [3.63, 3.8) is 0 Å². The van der Waals surface area contributed by atoms with E-state index in [0.29, 0.717) is 24.2 Å². The molecule has 1 aliphatic heterocycles. The minimum absolute atomic E-state index is 0.205. The van der Waals surface area contributed by atoms with Crippen molar-refractivity contribution < 1.29 is 18.7 Å². The highest BCUT2D eigenvalue weighted by atomic mass is 16.5. The van der Waals surface area contributed by atoms with Gasteiger partial charge in [-0.15, -0.1) is 0 Å². The molecule has 2 atom stereocenters. The number of aromatic nitrogens is 2. The Balaban J connectivity index is 1.93.